The number of benzene rings is 10. The lowest BCUT2D eigenvalue weighted by Crippen LogP contribution is -1.97. The molecule has 0 atom stereocenters. The Labute approximate surface area is 331 Å². The molecule has 1 heteroatoms. The van der Waals surface area contributed by atoms with E-state index < -0.39 is 0 Å². The summed E-state index contributed by atoms with van der Waals surface area (Å²) in [5, 5.41) is 12.3. The highest BCUT2D eigenvalue weighted by molar-refractivity contribution is 6.17. The Morgan fingerprint density at radius 1 is 0.333 bits per heavy atom. The first-order valence-corrected chi connectivity index (χ1v) is 19.6. The van der Waals surface area contributed by atoms with E-state index in [-0.39, 0.29) is 0 Å². The minimum atomic E-state index is 1.08. The van der Waals surface area contributed by atoms with Crippen molar-refractivity contribution < 1.29 is 0 Å². The van der Waals surface area contributed by atoms with Crippen LogP contribution >= 0.6 is 0 Å². The number of aromatic nitrogens is 1. The molecule has 0 spiro atoms. The van der Waals surface area contributed by atoms with Crippen LogP contribution in [0.25, 0.3) is 116 Å². The molecule has 1 heterocycles. The van der Waals surface area contributed by atoms with Crippen LogP contribution in [-0.2, 0) is 0 Å². The highest BCUT2D eigenvalue weighted by atomic mass is 15.0. The molecule has 0 aliphatic rings. The van der Waals surface area contributed by atoms with Crippen molar-refractivity contribution in [1.82, 2.24) is 4.57 Å². The zero-order chi connectivity index (χ0) is 38.0. The number of nitrogens with zero attached hydrogens (tertiary/aromatic N) is 1. The van der Waals surface area contributed by atoms with E-state index >= 15 is 0 Å². The molecule has 0 aliphatic heterocycles. The molecule has 0 unspecified atom stereocenters. The van der Waals surface area contributed by atoms with Gasteiger partial charge in [0.1, 0.15) is 0 Å². The first-order valence-electron chi connectivity index (χ1n) is 19.6. The van der Waals surface area contributed by atoms with Crippen LogP contribution in [0.3, 0.4) is 0 Å². The van der Waals surface area contributed by atoms with Gasteiger partial charge in [-0.15, -0.1) is 0 Å². The van der Waals surface area contributed by atoms with Crippen LogP contribution in [0.15, 0.2) is 201 Å². The average molecular weight is 724 g/mol. The lowest BCUT2D eigenvalue weighted by Gasteiger charge is -2.20. The van der Waals surface area contributed by atoms with Crippen LogP contribution in [0.4, 0.5) is 0 Å². The van der Waals surface area contributed by atoms with E-state index in [9.17, 15) is 0 Å². The molecule has 0 saturated heterocycles. The van der Waals surface area contributed by atoms with Crippen molar-refractivity contribution in [1.29, 1.82) is 0 Å². The van der Waals surface area contributed by atoms with Crippen LogP contribution in [0.1, 0.15) is 11.1 Å². The third kappa shape index (κ3) is 5.10. The molecular weight excluding hydrogens is 687 g/mol. The Balaban J connectivity index is 1.17. The summed E-state index contributed by atoms with van der Waals surface area (Å²) < 4.78 is 2.44. The van der Waals surface area contributed by atoms with Gasteiger partial charge < -0.3 is 4.57 Å². The molecule has 1 nitrogen and oxygen atoms in total. The predicted molar refractivity (Wildman–Crippen MR) is 247 cm³/mol. The summed E-state index contributed by atoms with van der Waals surface area (Å²) in [5.74, 6) is 0. The van der Waals surface area contributed by atoms with Crippen LogP contribution in [-0.4, -0.2) is 4.57 Å². The summed E-state index contributed by atoms with van der Waals surface area (Å²) in [5.41, 5.74) is 12.7. The van der Waals surface area contributed by atoms with Gasteiger partial charge in [0.25, 0.3) is 0 Å². The molecule has 10 aromatic carbocycles. The lowest BCUT2D eigenvalue weighted by molar-refractivity contribution is 1.18. The summed E-state index contributed by atoms with van der Waals surface area (Å²) in [6.07, 6.45) is 4.02. The van der Waals surface area contributed by atoms with Gasteiger partial charge in [-0.3, -0.25) is 0 Å². The van der Waals surface area contributed by atoms with Gasteiger partial charge in [-0.1, -0.05) is 183 Å². The monoisotopic (exact) mass is 723 g/mol. The number of hydrogen-bond donors (Lipinski definition) is 0. The summed E-state index contributed by atoms with van der Waals surface area (Å²) in [6, 6.07) is 68.7. The van der Waals surface area contributed by atoms with Gasteiger partial charge in [0.2, 0.25) is 0 Å². The van der Waals surface area contributed by atoms with Gasteiger partial charge in [0, 0.05) is 16.5 Å². The zero-order valence-electron chi connectivity index (χ0n) is 31.4. The van der Waals surface area contributed by atoms with E-state index in [1.165, 1.54) is 81.6 Å². The van der Waals surface area contributed by atoms with Gasteiger partial charge in [0.05, 0.1) is 11.0 Å². The van der Waals surface area contributed by atoms with Crippen molar-refractivity contribution in [3.8, 4) is 39.1 Å². The number of para-hydroxylation sites is 1. The fourth-order valence-corrected chi connectivity index (χ4v) is 9.36. The Kier molecular flexibility index (Phi) is 7.55. The van der Waals surface area contributed by atoms with Crippen molar-refractivity contribution in [2.45, 2.75) is 0 Å². The normalized spacial score (nSPS) is 11.6. The van der Waals surface area contributed by atoms with Gasteiger partial charge in [0.15, 0.2) is 0 Å². The smallest absolute Gasteiger partial charge is 0.0547 e. The second-order valence-corrected chi connectivity index (χ2v) is 14.9. The van der Waals surface area contributed by atoms with Gasteiger partial charge in [-0.2, -0.15) is 0 Å². The van der Waals surface area contributed by atoms with Crippen LogP contribution in [0.2, 0.25) is 0 Å². The fraction of sp³-hybridized carbons (Fsp3) is 0. The van der Waals surface area contributed by atoms with E-state index in [0.717, 1.165) is 33.5 Å². The maximum Gasteiger partial charge on any atom is 0.0547 e. The Morgan fingerprint density at radius 3 is 1.54 bits per heavy atom. The maximum atomic E-state index is 4.40. The summed E-state index contributed by atoms with van der Waals surface area (Å²) in [4.78, 5) is 0. The second-order valence-electron chi connectivity index (χ2n) is 14.9. The van der Waals surface area contributed by atoms with E-state index in [4.69, 9.17) is 0 Å². The fourth-order valence-electron chi connectivity index (χ4n) is 9.36. The van der Waals surface area contributed by atoms with Crippen molar-refractivity contribution in [3.05, 3.63) is 212 Å². The molecule has 57 heavy (non-hydrogen) atoms. The molecule has 1 aromatic heterocycles. The quantitative estimate of drug-likeness (QED) is 0.151. The summed E-state index contributed by atoms with van der Waals surface area (Å²) in [7, 11) is 0. The van der Waals surface area contributed by atoms with Crippen LogP contribution in [0.5, 0.6) is 0 Å². The molecule has 0 fully saturated rings. The minimum Gasteiger partial charge on any atom is -0.309 e. The number of hydrogen-bond acceptors (Lipinski definition) is 0. The van der Waals surface area contributed by atoms with E-state index in [0.29, 0.717) is 0 Å². The van der Waals surface area contributed by atoms with Crippen molar-refractivity contribution in [2.75, 3.05) is 0 Å². The SMILES string of the molecule is C=Cc1c(C=C)c(-c2ccc3c4ccc(-c5cccc6c5ccc5ccccc56)cc4n(-c4ccccc4)c3c2)c2ccccc2c1-c1ccc2ccccc2c1. The molecule has 0 N–H and O–H groups in total. The third-order valence-electron chi connectivity index (χ3n) is 11.9. The molecule has 266 valence electrons. The number of fused-ring (bicyclic) bond motifs is 8. The first kappa shape index (κ1) is 32.9. The lowest BCUT2D eigenvalue weighted by atomic mass is 9.83. The van der Waals surface area contributed by atoms with Crippen molar-refractivity contribution in [3.63, 3.8) is 0 Å². The standard InChI is InChI=1S/C56H37N/c1-3-43-44(4-2)56(52-22-13-12-21-51(52)55(43)40-26-25-36-15-8-9-17-38(36)33-40)41-29-32-50-49-31-28-39(34-53(49)57(54(50)35-41)42-18-6-5-7-19-42)46-23-14-24-47-45-20-11-10-16-37(45)27-30-48(46)47/h3-35H,1-2H2. The van der Waals surface area contributed by atoms with Gasteiger partial charge >= 0.3 is 0 Å². The van der Waals surface area contributed by atoms with E-state index in [1.807, 2.05) is 12.2 Å². The minimum absolute atomic E-state index is 1.08. The second kappa shape index (κ2) is 13.1. The maximum absolute atomic E-state index is 4.40. The van der Waals surface area contributed by atoms with Gasteiger partial charge in [-0.25, -0.2) is 0 Å². The molecule has 11 rings (SSSR count). The van der Waals surface area contributed by atoms with Crippen LogP contribution < -0.4 is 0 Å². The molecule has 0 saturated carbocycles. The zero-order valence-corrected chi connectivity index (χ0v) is 31.4. The summed E-state index contributed by atoms with van der Waals surface area (Å²) >= 11 is 0. The highest BCUT2D eigenvalue weighted by Gasteiger charge is 2.21. The van der Waals surface area contributed by atoms with Crippen molar-refractivity contribution >= 4 is 77.0 Å². The molecule has 0 amide bonds. The van der Waals surface area contributed by atoms with Crippen molar-refractivity contribution in [2.24, 2.45) is 0 Å². The third-order valence-corrected chi connectivity index (χ3v) is 11.9. The summed E-state index contributed by atoms with van der Waals surface area (Å²) in [6.45, 7) is 8.78. The van der Waals surface area contributed by atoms with E-state index in [1.54, 1.807) is 0 Å². The predicted octanol–water partition coefficient (Wildman–Crippen LogP) is 15.7. The Hall–Kier alpha value is -7.48. The first-order chi connectivity index (χ1) is 28.2. The van der Waals surface area contributed by atoms with Gasteiger partial charge in [-0.05, 0) is 118 Å². The molecular formula is C56H37N. The highest BCUT2D eigenvalue weighted by Crippen LogP contribution is 2.46. The molecule has 0 radical (unpaired) electrons. The van der Waals surface area contributed by atoms with Crippen LogP contribution in [0, 0.1) is 0 Å². The van der Waals surface area contributed by atoms with E-state index in [2.05, 4.69) is 206 Å². The average Bonchev–Trinajstić information content (AvgIpc) is 3.60. The topological polar surface area (TPSA) is 4.93 Å². The largest absolute Gasteiger partial charge is 0.309 e. The molecule has 0 bridgehead atoms. The molecule has 0 aliphatic carbocycles. The Bertz CT molecular complexity index is 3430. The Morgan fingerprint density at radius 2 is 0.842 bits per heavy atom. The molecule has 11 aromatic rings. The number of rotatable bonds is 6.